The number of esters is 1. The van der Waals surface area contributed by atoms with Gasteiger partial charge in [-0.15, -0.1) is 0 Å². The molecule has 1 aromatic carbocycles. The number of carbonyl (C=O) groups is 2. The Morgan fingerprint density at radius 2 is 1.91 bits per heavy atom. The van der Waals surface area contributed by atoms with Crippen molar-refractivity contribution in [2.75, 3.05) is 14.2 Å². The lowest BCUT2D eigenvalue weighted by Crippen LogP contribution is -2.45. The fourth-order valence-corrected chi connectivity index (χ4v) is 6.78. The van der Waals surface area contributed by atoms with Gasteiger partial charge in [-0.3, -0.25) is 9.78 Å². The number of benzene rings is 1. The smallest absolute Gasteiger partial charge is 0.343 e. The Kier molecular flexibility index (Phi) is 9.27. The fraction of sp³-hybridized carbons (Fsp3) is 0.400. The molecule has 0 radical (unpaired) electrons. The zero-order chi connectivity index (χ0) is 32.5. The van der Waals surface area contributed by atoms with Gasteiger partial charge in [-0.25, -0.2) is 14.2 Å². The van der Waals surface area contributed by atoms with Crippen LogP contribution in [0.2, 0.25) is 0 Å². The number of carbonyl (C=O) groups excluding carboxylic acids is 2. The molecule has 0 amide bonds. The van der Waals surface area contributed by atoms with E-state index in [1.165, 1.54) is 13.2 Å². The Labute approximate surface area is 261 Å². The number of hydrogen-bond donors (Lipinski definition) is 1. The molecular formula is C35H39FN4O5. The van der Waals surface area contributed by atoms with E-state index in [0.29, 0.717) is 53.0 Å². The summed E-state index contributed by atoms with van der Waals surface area (Å²) in [6.07, 6.45) is 6.67. The molecule has 0 fully saturated rings. The van der Waals surface area contributed by atoms with Crippen LogP contribution in [-0.4, -0.2) is 40.9 Å². The van der Waals surface area contributed by atoms with Gasteiger partial charge in [0.2, 0.25) is 0 Å². The van der Waals surface area contributed by atoms with Crippen LogP contribution in [0.4, 0.5) is 4.39 Å². The van der Waals surface area contributed by atoms with E-state index < -0.39 is 11.6 Å². The fourth-order valence-electron chi connectivity index (χ4n) is 6.78. The summed E-state index contributed by atoms with van der Waals surface area (Å²) < 4.78 is 27.6. The van der Waals surface area contributed by atoms with Crippen molar-refractivity contribution in [2.24, 2.45) is 0 Å². The average Bonchev–Trinajstić information content (AvgIpc) is 3.44. The molecule has 1 aliphatic carbocycles. The van der Waals surface area contributed by atoms with Crippen molar-refractivity contribution in [3.05, 3.63) is 91.8 Å². The van der Waals surface area contributed by atoms with E-state index in [1.54, 1.807) is 17.0 Å². The number of aldehydes is 1. The second-order valence-electron chi connectivity index (χ2n) is 11.1. The maximum atomic E-state index is 14.8. The molecule has 4 aromatic rings. The van der Waals surface area contributed by atoms with Crippen LogP contribution in [0.15, 0.2) is 41.5 Å². The summed E-state index contributed by atoms with van der Waals surface area (Å²) in [4.78, 5) is 45.1. The molecular weight excluding hydrogens is 575 g/mol. The van der Waals surface area contributed by atoms with Gasteiger partial charge >= 0.3 is 5.97 Å². The molecule has 10 heteroatoms. The van der Waals surface area contributed by atoms with Crippen LogP contribution in [0.3, 0.4) is 0 Å². The van der Waals surface area contributed by atoms with Crippen molar-refractivity contribution < 1.29 is 23.5 Å². The average molecular weight is 615 g/mol. The lowest BCUT2D eigenvalue weighted by molar-refractivity contribution is -0.176. The first-order valence-electron chi connectivity index (χ1n) is 15.4. The van der Waals surface area contributed by atoms with E-state index in [2.05, 4.69) is 10.3 Å². The summed E-state index contributed by atoms with van der Waals surface area (Å²) in [5, 5.41) is 4.40. The predicted octanol–water partition coefficient (Wildman–Crippen LogP) is 5.24. The van der Waals surface area contributed by atoms with Crippen molar-refractivity contribution in [3.63, 3.8) is 0 Å². The maximum absolute atomic E-state index is 14.8. The second-order valence-corrected chi connectivity index (χ2v) is 11.1. The van der Waals surface area contributed by atoms with Crippen LogP contribution in [0.1, 0.15) is 78.6 Å². The Balaban J connectivity index is 0.000000312. The highest BCUT2D eigenvalue weighted by molar-refractivity contribution is 5.93. The van der Waals surface area contributed by atoms with Crippen molar-refractivity contribution in [2.45, 2.75) is 78.2 Å². The maximum Gasteiger partial charge on any atom is 0.343 e. The molecule has 0 bridgehead atoms. The summed E-state index contributed by atoms with van der Waals surface area (Å²) in [7, 11) is 3.38. The second kappa shape index (κ2) is 13.0. The van der Waals surface area contributed by atoms with Crippen LogP contribution in [0, 0.1) is 12.7 Å². The highest BCUT2D eigenvalue weighted by Gasteiger charge is 2.47. The molecule has 2 aliphatic heterocycles. The standard InChI is InChI=1S/C26H26FN3O4.C7H7NO.C2H6/c1-5-26(33-4)16-8-20-23-14(10-30(20)24(31)15(16)11-34-25(26)32)22-18(28-3)7-6-13-12(2)17(27)9-19(29-23)21(13)22;9-6-3-7-1-4-8-5-2-7;1-2/h8-9,18,28H,5-7,10-11H2,1-4H3;1-2,4-6H,3H2;1-2H3. The number of nitrogens with zero attached hydrogens (tertiary/aromatic N) is 3. The van der Waals surface area contributed by atoms with Gasteiger partial charge in [0.25, 0.3) is 5.56 Å². The molecule has 0 saturated carbocycles. The van der Waals surface area contributed by atoms with Crippen LogP contribution in [-0.2, 0) is 50.7 Å². The lowest BCUT2D eigenvalue weighted by atomic mass is 9.81. The normalized spacial score (nSPS) is 18.8. The number of ether oxygens (including phenoxy) is 2. The first-order chi connectivity index (χ1) is 21.8. The number of aryl methyl sites for hydroxylation is 1. The van der Waals surface area contributed by atoms with Crippen molar-refractivity contribution >= 4 is 23.2 Å². The summed E-state index contributed by atoms with van der Waals surface area (Å²) in [5.74, 6) is -0.761. The Hall–Kier alpha value is -4.28. The number of nitrogens with one attached hydrogen (secondary N) is 1. The summed E-state index contributed by atoms with van der Waals surface area (Å²) in [5.41, 5.74) is 6.07. The molecule has 5 heterocycles. The molecule has 0 saturated heterocycles. The highest BCUT2D eigenvalue weighted by Crippen LogP contribution is 2.46. The van der Waals surface area contributed by atoms with Gasteiger partial charge in [-0.05, 0) is 73.7 Å². The molecule has 1 N–H and O–H groups in total. The zero-order valence-electron chi connectivity index (χ0n) is 26.6. The number of rotatable bonds is 5. The minimum Gasteiger partial charge on any atom is -0.458 e. The summed E-state index contributed by atoms with van der Waals surface area (Å²) in [6, 6.07) is 7.08. The third-order valence-electron chi connectivity index (χ3n) is 9.11. The molecule has 236 valence electrons. The number of methoxy groups -OCH3 is 1. The topological polar surface area (TPSA) is 112 Å². The van der Waals surface area contributed by atoms with Crippen molar-refractivity contribution in [1.29, 1.82) is 0 Å². The Bertz CT molecular complexity index is 1830. The first kappa shape index (κ1) is 32.1. The van der Waals surface area contributed by atoms with Gasteiger partial charge in [0.15, 0.2) is 5.60 Å². The monoisotopic (exact) mass is 614 g/mol. The highest BCUT2D eigenvalue weighted by atomic mass is 19.1. The largest absolute Gasteiger partial charge is 0.458 e. The van der Waals surface area contributed by atoms with Gasteiger partial charge < -0.3 is 24.2 Å². The number of cyclic esters (lactones) is 1. The minimum atomic E-state index is -1.33. The number of aromatic nitrogens is 3. The summed E-state index contributed by atoms with van der Waals surface area (Å²) >= 11 is 0. The molecule has 3 aromatic heterocycles. The van der Waals surface area contributed by atoms with Gasteiger partial charge in [0, 0.05) is 54.5 Å². The van der Waals surface area contributed by atoms with Gasteiger partial charge in [-0.2, -0.15) is 0 Å². The Morgan fingerprint density at radius 1 is 1.18 bits per heavy atom. The van der Waals surface area contributed by atoms with Gasteiger partial charge in [0.1, 0.15) is 18.7 Å². The van der Waals surface area contributed by atoms with Gasteiger partial charge in [0.05, 0.1) is 29.0 Å². The molecule has 7 rings (SSSR count). The van der Waals surface area contributed by atoms with E-state index in [4.69, 9.17) is 14.5 Å². The quantitative estimate of drug-likeness (QED) is 0.211. The number of hydrogen-bond acceptors (Lipinski definition) is 8. The lowest BCUT2D eigenvalue weighted by Gasteiger charge is -2.35. The summed E-state index contributed by atoms with van der Waals surface area (Å²) in [6.45, 7) is 7.95. The zero-order valence-corrected chi connectivity index (χ0v) is 26.6. The number of fused-ring (bicyclic) bond motifs is 5. The Morgan fingerprint density at radius 3 is 2.56 bits per heavy atom. The van der Waals surface area contributed by atoms with Gasteiger partial charge in [-0.1, -0.05) is 20.8 Å². The molecule has 45 heavy (non-hydrogen) atoms. The molecule has 2 atom stereocenters. The molecule has 2 unspecified atom stereocenters. The van der Waals surface area contributed by atoms with E-state index >= 15 is 0 Å². The molecule has 9 nitrogen and oxygen atoms in total. The van der Waals surface area contributed by atoms with Crippen LogP contribution >= 0.6 is 0 Å². The van der Waals surface area contributed by atoms with E-state index in [9.17, 15) is 18.8 Å². The van der Waals surface area contributed by atoms with E-state index in [1.807, 2.05) is 52.9 Å². The van der Waals surface area contributed by atoms with Crippen molar-refractivity contribution in [3.8, 4) is 11.4 Å². The third kappa shape index (κ3) is 5.15. The van der Waals surface area contributed by atoms with Crippen molar-refractivity contribution in [1.82, 2.24) is 19.9 Å². The SMILES string of the molecule is CC.CCC1(OC)C(=O)OCc2c1cc1n(c2=O)Cc2c-1nc1cc(F)c(C)c3c1c2C(NC)CC3.O=CCc1ccncc1. The van der Waals surface area contributed by atoms with Crippen LogP contribution in [0.5, 0.6) is 0 Å². The number of halogens is 1. The van der Waals surface area contributed by atoms with Crippen LogP contribution in [0.25, 0.3) is 22.3 Å². The minimum absolute atomic E-state index is 0.0786. The number of pyridine rings is 3. The molecule has 0 spiro atoms. The first-order valence-corrected chi connectivity index (χ1v) is 15.4. The molecule has 3 aliphatic rings. The van der Waals surface area contributed by atoms with E-state index in [-0.39, 0.29) is 24.0 Å². The predicted molar refractivity (Wildman–Crippen MR) is 169 cm³/mol. The third-order valence-corrected chi connectivity index (χ3v) is 9.11. The van der Waals surface area contributed by atoms with Crippen LogP contribution < -0.4 is 10.9 Å². The van der Waals surface area contributed by atoms with E-state index in [0.717, 1.165) is 46.8 Å².